The van der Waals surface area contributed by atoms with Crippen molar-refractivity contribution in [2.45, 2.75) is 31.2 Å². The minimum atomic E-state index is -0.803. The minimum absolute atomic E-state index is 0.333. The van der Waals surface area contributed by atoms with E-state index in [-0.39, 0.29) is 6.04 Å². The van der Waals surface area contributed by atoms with Crippen LogP contribution in [0.2, 0.25) is 0 Å². The zero-order valence-corrected chi connectivity index (χ0v) is 12.1. The minimum Gasteiger partial charge on any atom is -0.309 e. The molecule has 0 heterocycles. The van der Waals surface area contributed by atoms with E-state index in [1.165, 1.54) is 24.8 Å². The van der Waals surface area contributed by atoms with Crippen LogP contribution in [-0.2, 0) is 0 Å². The fraction of sp³-hybridized carbons (Fsp3) is 0.333. The molecule has 0 radical (unpaired) electrons. The van der Waals surface area contributed by atoms with Gasteiger partial charge in [-0.05, 0) is 43.0 Å². The van der Waals surface area contributed by atoms with Crippen LogP contribution < -0.4 is 5.32 Å². The molecule has 3 heteroatoms. The highest BCUT2D eigenvalue weighted by Gasteiger charge is 2.22. The highest BCUT2D eigenvalue weighted by atomic mass is 19.2. The molecule has 1 unspecified atom stereocenters. The predicted octanol–water partition coefficient (Wildman–Crippen LogP) is 4.54. The van der Waals surface area contributed by atoms with Crippen molar-refractivity contribution in [2.75, 3.05) is 7.05 Å². The Bertz CT molecular complexity index is 635. The maximum absolute atomic E-state index is 14.0. The first-order valence-electron chi connectivity index (χ1n) is 7.41. The van der Waals surface area contributed by atoms with Crippen LogP contribution in [0.1, 0.15) is 47.9 Å². The quantitative estimate of drug-likeness (QED) is 0.870. The summed E-state index contributed by atoms with van der Waals surface area (Å²) in [5.41, 5.74) is 2.63. The van der Waals surface area contributed by atoms with Gasteiger partial charge in [0.1, 0.15) is 0 Å². The second kappa shape index (κ2) is 5.94. The Morgan fingerprint density at radius 1 is 1.10 bits per heavy atom. The fourth-order valence-electron chi connectivity index (χ4n) is 2.98. The molecule has 1 fully saturated rings. The number of hydrogen-bond donors (Lipinski definition) is 1. The van der Waals surface area contributed by atoms with Crippen LogP contribution in [0.25, 0.3) is 0 Å². The third-order valence-corrected chi connectivity index (χ3v) is 4.40. The molecule has 1 nitrogen and oxygen atoms in total. The zero-order valence-electron chi connectivity index (χ0n) is 12.1. The summed E-state index contributed by atoms with van der Waals surface area (Å²) < 4.78 is 27.5. The smallest absolute Gasteiger partial charge is 0.163 e. The second-order valence-corrected chi connectivity index (χ2v) is 5.66. The van der Waals surface area contributed by atoms with E-state index in [2.05, 4.69) is 17.4 Å². The van der Waals surface area contributed by atoms with Crippen molar-refractivity contribution in [3.8, 4) is 0 Å². The van der Waals surface area contributed by atoms with Gasteiger partial charge in [0.15, 0.2) is 11.6 Å². The fourth-order valence-corrected chi connectivity index (χ4v) is 2.98. The first kappa shape index (κ1) is 14.2. The summed E-state index contributed by atoms with van der Waals surface area (Å²) in [7, 11) is 1.77. The summed E-state index contributed by atoms with van der Waals surface area (Å²) in [4.78, 5) is 0. The Balaban J connectivity index is 1.97. The van der Waals surface area contributed by atoms with Gasteiger partial charge in [0.05, 0.1) is 6.04 Å². The van der Waals surface area contributed by atoms with Gasteiger partial charge in [-0.3, -0.25) is 0 Å². The second-order valence-electron chi connectivity index (χ2n) is 5.66. The Labute approximate surface area is 124 Å². The molecule has 0 spiro atoms. The van der Waals surface area contributed by atoms with E-state index in [0.29, 0.717) is 11.5 Å². The van der Waals surface area contributed by atoms with Gasteiger partial charge < -0.3 is 5.32 Å². The van der Waals surface area contributed by atoms with Crippen molar-refractivity contribution in [3.05, 3.63) is 70.8 Å². The molecule has 21 heavy (non-hydrogen) atoms. The van der Waals surface area contributed by atoms with E-state index in [0.717, 1.165) is 11.6 Å². The van der Waals surface area contributed by atoms with E-state index >= 15 is 0 Å². The molecule has 0 aromatic heterocycles. The Morgan fingerprint density at radius 3 is 2.52 bits per heavy atom. The van der Waals surface area contributed by atoms with Crippen molar-refractivity contribution in [1.82, 2.24) is 5.32 Å². The molecule has 2 aromatic carbocycles. The van der Waals surface area contributed by atoms with Crippen molar-refractivity contribution >= 4 is 0 Å². The molecule has 0 amide bonds. The summed E-state index contributed by atoms with van der Waals surface area (Å²) in [6, 6.07) is 12.2. The first-order valence-corrected chi connectivity index (χ1v) is 7.41. The van der Waals surface area contributed by atoms with Crippen LogP contribution in [0.5, 0.6) is 0 Å². The van der Waals surface area contributed by atoms with E-state index in [4.69, 9.17) is 0 Å². The number of nitrogens with one attached hydrogen (secondary N) is 1. The van der Waals surface area contributed by atoms with Crippen LogP contribution in [0.4, 0.5) is 8.78 Å². The maximum Gasteiger partial charge on any atom is 0.163 e. The predicted molar refractivity (Wildman–Crippen MR) is 80.3 cm³/mol. The van der Waals surface area contributed by atoms with Crippen LogP contribution >= 0.6 is 0 Å². The summed E-state index contributed by atoms with van der Waals surface area (Å²) in [5.74, 6) is -0.950. The third-order valence-electron chi connectivity index (χ3n) is 4.40. The number of benzene rings is 2. The molecule has 3 rings (SSSR count). The highest BCUT2D eigenvalue weighted by Crippen LogP contribution is 2.37. The summed E-state index contributed by atoms with van der Waals surface area (Å²) in [5, 5.41) is 3.10. The van der Waals surface area contributed by atoms with E-state index in [1.54, 1.807) is 19.2 Å². The Kier molecular flexibility index (Phi) is 4.02. The molecule has 1 atom stereocenters. The molecule has 1 N–H and O–H groups in total. The monoisotopic (exact) mass is 287 g/mol. The molecule has 2 aromatic rings. The Morgan fingerprint density at radius 2 is 1.86 bits per heavy atom. The molecule has 110 valence electrons. The molecule has 1 aliphatic carbocycles. The van der Waals surface area contributed by atoms with Crippen LogP contribution in [0.3, 0.4) is 0 Å². The Hall–Kier alpha value is -1.74. The van der Waals surface area contributed by atoms with Gasteiger partial charge in [0.2, 0.25) is 0 Å². The molecule has 0 saturated heterocycles. The number of rotatable bonds is 4. The third kappa shape index (κ3) is 2.70. The van der Waals surface area contributed by atoms with Gasteiger partial charge in [0, 0.05) is 5.56 Å². The molecular formula is C18H19F2N. The molecule has 0 bridgehead atoms. The summed E-state index contributed by atoms with van der Waals surface area (Å²) in [6.07, 6.45) is 3.73. The lowest BCUT2D eigenvalue weighted by molar-refractivity contribution is 0.419. The van der Waals surface area contributed by atoms with E-state index in [9.17, 15) is 8.78 Å². The normalized spacial score (nSPS) is 16.5. The lowest BCUT2D eigenvalue weighted by Crippen LogP contribution is -2.20. The van der Waals surface area contributed by atoms with Crippen LogP contribution in [0.15, 0.2) is 42.5 Å². The van der Waals surface area contributed by atoms with Gasteiger partial charge in [-0.15, -0.1) is 0 Å². The van der Waals surface area contributed by atoms with E-state index < -0.39 is 11.6 Å². The van der Waals surface area contributed by atoms with Crippen molar-refractivity contribution in [2.24, 2.45) is 0 Å². The van der Waals surface area contributed by atoms with Gasteiger partial charge in [0.25, 0.3) is 0 Å². The van der Waals surface area contributed by atoms with E-state index in [1.807, 2.05) is 12.1 Å². The average Bonchev–Trinajstić information content (AvgIpc) is 2.43. The maximum atomic E-state index is 14.0. The summed E-state index contributed by atoms with van der Waals surface area (Å²) in [6.45, 7) is 0. The first-order chi connectivity index (χ1) is 10.2. The molecular weight excluding hydrogens is 268 g/mol. The molecule has 1 aliphatic rings. The van der Waals surface area contributed by atoms with Crippen molar-refractivity contribution < 1.29 is 8.78 Å². The van der Waals surface area contributed by atoms with Crippen LogP contribution in [-0.4, -0.2) is 7.05 Å². The number of halogens is 2. The number of hydrogen-bond acceptors (Lipinski definition) is 1. The summed E-state index contributed by atoms with van der Waals surface area (Å²) >= 11 is 0. The van der Waals surface area contributed by atoms with Crippen LogP contribution in [0, 0.1) is 11.6 Å². The highest BCUT2D eigenvalue weighted by molar-refractivity contribution is 5.36. The largest absolute Gasteiger partial charge is 0.309 e. The van der Waals surface area contributed by atoms with Crippen molar-refractivity contribution in [1.29, 1.82) is 0 Å². The van der Waals surface area contributed by atoms with Gasteiger partial charge >= 0.3 is 0 Å². The van der Waals surface area contributed by atoms with Gasteiger partial charge in [-0.1, -0.05) is 42.8 Å². The standard InChI is InChI=1S/C18H19F2N/c1-21-18(15-9-4-10-16(19)17(15)20)14-8-3-7-13(11-14)12-5-2-6-12/h3-4,7-12,18,21H,2,5-6H2,1H3. The lowest BCUT2D eigenvalue weighted by atomic mass is 9.79. The molecule has 1 saturated carbocycles. The zero-order chi connectivity index (χ0) is 14.8. The topological polar surface area (TPSA) is 12.0 Å². The van der Waals surface area contributed by atoms with Gasteiger partial charge in [-0.25, -0.2) is 8.78 Å². The SMILES string of the molecule is CNC(c1cccc(C2CCC2)c1)c1cccc(F)c1F. The van der Waals surface area contributed by atoms with Gasteiger partial charge in [-0.2, -0.15) is 0 Å². The van der Waals surface area contributed by atoms with Crippen molar-refractivity contribution in [3.63, 3.8) is 0 Å². The lowest BCUT2D eigenvalue weighted by Gasteiger charge is -2.27. The molecule has 0 aliphatic heterocycles. The average molecular weight is 287 g/mol.